The minimum atomic E-state index is -5.15. The quantitative estimate of drug-likeness (QED) is 0.0199. The zero-order valence-corrected chi connectivity index (χ0v) is 62.7. The second kappa shape index (κ2) is 48.4. The van der Waals surface area contributed by atoms with Crippen LogP contribution in [0.25, 0.3) is 0 Å². The van der Waals surface area contributed by atoms with Crippen LogP contribution in [0.2, 0.25) is 0 Å². The topological polar surface area (TPSA) is 828 Å². The molecule has 30 N–H and O–H groups in total. The van der Waals surface area contributed by atoms with Crippen molar-refractivity contribution in [1.29, 1.82) is 0 Å². The number of carboxylic acid groups (broad SMARTS) is 1. The van der Waals surface area contributed by atoms with E-state index in [2.05, 4.69) is 31.9 Å². The lowest BCUT2D eigenvalue weighted by Crippen LogP contribution is -2.64. The fourth-order valence-electron chi connectivity index (χ4n) is 10.8. The number of primary amides is 2. The van der Waals surface area contributed by atoms with Gasteiger partial charge in [-0.05, 0) is 39.5 Å². The van der Waals surface area contributed by atoms with E-state index in [4.69, 9.17) is 39.5 Å². The normalized spacial score (nSPS) is 24.1. The number of nitrogens with zero attached hydrogens (tertiary/aromatic N) is 1. The Labute approximate surface area is 647 Å². The second-order valence-electron chi connectivity index (χ2n) is 25.9. The highest BCUT2D eigenvalue weighted by Crippen LogP contribution is 2.44. The van der Waals surface area contributed by atoms with Gasteiger partial charge in [-0.25, -0.2) is 4.57 Å². The van der Waals surface area contributed by atoms with Crippen molar-refractivity contribution in [3.63, 3.8) is 0 Å². The first-order valence-corrected chi connectivity index (χ1v) is 36.6. The van der Waals surface area contributed by atoms with E-state index < -0.39 is 328 Å². The summed E-state index contributed by atoms with van der Waals surface area (Å²) in [6.07, 6.45) is -25.0. The standard InChI is InChI=1S/C61H102N15O37P/c1-5-12-108-61-49(47(94)44(91)35(22-81)111-61)113-60-48(95)46(93)45(92)36(112-60)23-110-114(106,107)109-13-10-64-50(96)30(18-77)70-56(102)34-7-6-11-76(34)59(105)33(21-80)73-55(101)32(20-79)72-57(103)42(24(2)82)74-51(97)27(8-9-37(62)85)68-54(100)31(19-78)71-58(104)43(25(3)83)75-53(99)29(15-41(89)90)69-52(98)28(14-38(63)86)67-40(88)17-66-39(87)16-65-26(4)84/h24-25,27-36,42-49,60-61,77-83,91-95H,5-23H2,1-4H3,(H2,62,85)(H2,63,86)(H,64,96)(H,65,84)(H,66,87)(H,67,88)(H,68,100)(H,69,98)(H,70,102)(H,71,104)(H,72,103)(H,73,101)(H,74,97)(H,75,99)(H,89,90)(H,106,107)/t24-,25-,27+,28+,29+,30-,31+,32+,33+,34+,35-,36-,42+,43+,44-,45-,46+,47+,48+,49+,60-,61+/m1/s1. The van der Waals surface area contributed by atoms with Crippen LogP contribution in [0, 0.1) is 0 Å². The van der Waals surface area contributed by atoms with Crippen LogP contribution in [-0.4, -0.2) is 384 Å². The predicted molar refractivity (Wildman–Crippen MR) is 370 cm³/mol. The molecule has 0 saturated carbocycles. The van der Waals surface area contributed by atoms with Crippen LogP contribution in [-0.2, 0) is 109 Å². The smallest absolute Gasteiger partial charge is 0.472 e. The average molecular weight is 1670 g/mol. The van der Waals surface area contributed by atoms with Crippen molar-refractivity contribution in [2.45, 2.75) is 207 Å². The molecule has 1 unspecified atom stereocenters. The highest BCUT2D eigenvalue weighted by molar-refractivity contribution is 7.47. The molecule has 3 saturated heterocycles. The summed E-state index contributed by atoms with van der Waals surface area (Å²) in [5, 5.41) is 159. The highest BCUT2D eigenvalue weighted by atomic mass is 31.2. The number of carboxylic acids is 1. The first kappa shape index (κ1) is 99.2. The number of aliphatic hydroxyl groups is 12. The minimum absolute atomic E-state index is 0.0297. The summed E-state index contributed by atoms with van der Waals surface area (Å²) < 4.78 is 44.7. The lowest BCUT2D eigenvalue weighted by Gasteiger charge is -2.46. The van der Waals surface area contributed by atoms with Crippen LogP contribution in [0.3, 0.4) is 0 Å². The Balaban J connectivity index is 1.64. The summed E-state index contributed by atoms with van der Waals surface area (Å²) in [6, 6.07) is -19.9. The third kappa shape index (κ3) is 31.6. The van der Waals surface area contributed by atoms with Gasteiger partial charge in [0.1, 0.15) is 109 Å². The molecule has 0 aromatic rings. The lowest BCUT2D eigenvalue weighted by molar-refractivity contribution is -0.367. The maximum Gasteiger partial charge on any atom is 0.472 e. The van der Waals surface area contributed by atoms with Crippen LogP contribution in [0.15, 0.2) is 0 Å². The van der Waals surface area contributed by atoms with E-state index in [0.717, 1.165) is 25.7 Å². The molecule has 0 aromatic carbocycles. The van der Waals surface area contributed by atoms with Gasteiger partial charge in [-0.3, -0.25) is 85.8 Å². The number of hydrogen-bond donors (Lipinski definition) is 28. The molecule has 3 fully saturated rings. The Morgan fingerprint density at radius 3 is 1.54 bits per heavy atom. The molecule has 23 atom stereocenters. The van der Waals surface area contributed by atoms with Gasteiger partial charge in [-0.2, -0.15) is 0 Å². The predicted octanol–water partition coefficient (Wildman–Crippen LogP) is -17.8. The summed E-state index contributed by atoms with van der Waals surface area (Å²) >= 11 is 0. The van der Waals surface area contributed by atoms with Gasteiger partial charge >= 0.3 is 13.8 Å². The van der Waals surface area contributed by atoms with Crippen LogP contribution in [0.4, 0.5) is 0 Å². The first-order chi connectivity index (χ1) is 53.5. The fourth-order valence-corrected chi connectivity index (χ4v) is 11.5. The molecule has 53 heteroatoms. The summed E-state index contributed by atoms with van der Waals surface area (Å²) in [5.41, 5.74) is 10.5. The Bertz CT molecular complexity index is 3370. The zero-order chi connectivity index (χ0) is 86.2. The maximum atomic E-state index is 13.9. The third-order valence-corrected chi connectivity index (χ3v) is 17.8. The molecule has 0 aromatic heterocycles. The Morgan fingerprint density at radius 2 is 1.03 bits per heavy atom. The number of nitrogens with two attached hydrogens (primary N) is 2. The van der Waals surface area contributed by atoms with Gasteiger partial charge in [0.2, 0.25) is 88.6 Å². The number of amides is 15. The first-order valence-electron chi connectivity index (χ1n) is 35.1. The number of nitrogens with one attached hydrogen (secondary N) is 12. The van der Waals surface area contributed by atoms with Crippen molar-refractivity contribution in [2.24, 2.45) is 11.5 Å². The van der Waals surface area contributed by atoms with Crippen LogP contribution in [0.5, 0.6) is 0 Å². The van der Waals surface area contributed by atoms with Gasteiger partial charge in [0.25, 0.3) is 0 Å². The van der Waals surface area contributed by atoms with Gasteiger partial charge in [0.15, 0.2) is 12.6 Å². The van der Waals surface area contributed by atoms with Crippen molar-refractivity contribution in [2.75, 3.05) is 79.0 Å². The maximum absolute atomic E-state index is 13.9. The number of likely N-dealkylation sites (tertiary alicyclic amines) is 1. The molecular weight excluding hydrogens is 1570 g/mol. The molecular formula is C61H102N15O37P. The van der Waals surface area contributed by atoms with Gasteiger partial charge in [-0.1, -0.05) is 6.92 Å². The number of carbonyl (C=O) groups excluding carboxylic acids is 15. The largest absolute Gasteiger partial charge is 0.481 e. The minimum Gasteiger partial charge on any atom is -0.481 e. The summed E-state index contributed by atoms with van der Waals surface area (Å²) in [7, 11) is -5.15. The van der Waals surface area contributed by atoms with E-state index in [0.29, 0.717) is 6.42 Å². The Morgan fingerprint density at radius 1 is 0.535 bits per heavy atom. The van der Waals surface area contributed by atoms with Gasteiger partial charge in [0.05, 0.1) is 84.4 Å². The van der Waals surface area contributed by atoms with Gasteiger partial charge < -0.3 is 170 Å². The lowest BCUT2D eigenvalue weighted by atomic mass is 9.97. The van der Waals surface area contributed by atoms with E-state index in [1.54, 1.807) is 6.92 Å². The van der Waals surface area contributed by atoms with E-state index in [-0.39, 0.29) is 26.0 Å². The van der Waals surface area contributed by atoms with E-state index in [1.165, 1.54) is 0 Å². The molecule has 0 bridgehead atoms. The molecule has 114 heavy (non-hydrogen) atoms. The second-order valence-corrected chi connectivity index (χ2v) is 27.4. The van der Waals surface area contributed by atoms with Crippen molar-refractivity contribution in [3.8, 4) is 0 Å². The molecule has 3 heterocycles. The average Bonchev–Trinajstić information content (AvgIpc) is 0.951. The van der Waals surface area contributed by atoms with Crippen molar-refractivity contribution >= 4 is 102 Å². The number of rotatable bonds is 49. The van der Waals surface area contributed by atoms with E-state index >= 15 is 0 Å². The summed E-state index contributed by atoms with van der Waals surface area (Å²) in [4.78, 5) is 219. The Kier molecular flexibility index (Phi) is 42.1. The number of aliphatic hydroxyl groups excluding tert-OH is 12. The molecule has 15 amide bonds. The SMILES string of the molecule is CCCO[C@H]1O[C@H](CO)[C@@H](O)[C@H](O)[C@@H]1O[C@H]1O[C@H](COP(=O)(O)OCCNC(=O)[C@@H](CO)NC(=O)[C@@H]2CCCN2C(=O)[C@H](CO)NC(=O)[C@H](CO)NC(=O)[C@@H](NC(=O)[C@H](CCC(N)=O)NC(=O)[C@H](CO)NC(=O)[C@@H](NC(=O)[C@H](CC(=O)O)NC(=O)[C@H](CC(N)=O)NC(=O)CNC(=O)CNC(C)=O)[C@@H](C)O)[C@@H](C)O)[C@@H](O)[C@H](O)[C@@H]1O. The Hall–Kier alpha value is -9.01. The van der Waals surface area contributed by atoms with Crippen LogP contribution >= 0.6 is 7.82 Å². The summed E-state index contributed by atoms with van der Waals surface area (Å²) in [5.74, 6) is -20.3. The van der Waals surface area contributed by atoms with E-state index in [1.807, 2.05) is 31.9 Å². The van der Waals surface area contributed by atoms with Crippen LogP contribution in [0.1, 0.15) is 72.6 Å². The number of carbonyl (C=O) groups is 16. The molecule has 0 aliphatic carbocycles. The van der Waals surface area contributed by atoms with Gasteiger partial charge in [0, 0.05) is 33.0 Å². The number of hydrogen-bond acceptors (Lipinski definition) is 35. The number of ether oxygens (including phenoxy) is 4. The zero-order valence-electron chi connectivity index (χ0n) is 61.8. The monoisotopic (exact) mass is 1670 g/mol. The van der Waals surface area contributed by atoms with Crippen molar-refractivity contribution < 1.29 is 181 Å². The molecule has 3 aliphatic heterocycles. The molecule has 3 rings (SSSR count). The van der Waals surface area contributed by atoms with Crippen molar-refractivity contribution in [1.82, 2.24) is 68.7 Å². The third-order valence-electron chi connectivity index (χ3n) is 16.9. The molecule has 3 aliphatic rings. The van der Waals surface area contributed by atoms with Crippen LogP contribution < -0.4 is 75.3 Å². The molecule has 0 spiro atoms. The molecule has 52 nitrogen and oxygen atoms in total. The molecule has 0 radical (unpaired) electrons. The summed E-state index contributed by atoms with van der Waals surface area (Å²) in [6.45, 7) is -5.15. The number of phosphoric ester groups is 1. The molecule has 648 valence electrons. The number of phosphoric acid groups is 1. The highest BCUT2D eigenvalue weighted by Gasteiger charge is 2.52. The van der Waals surface area contributed by atoms with E-state index in [9.17, 15) is 153 Å². The van der Waals surface area contributed by atoms with Crippen molar-refractivity contribution in [3.05, 3.63) is 0 Å². The van der Waals surface area contributed by atoms with Gasteiger partial charge in [-0.15, -0.1) is 0 Å². The number of aliphatic carboxylic acids is 1. The fraction of sp³-hybridized carbons (Fsp3) is 0.738.